The highest BCUT2D eigenvalue weighted by atomic mass is 32.1. The van der Waals surface area contributed by atoms with Gasteiger partial charge in [0.15, 0.2) is 5.69 Å². The van der Waals surface area contributed by atoms with Crippen LogP contribution in [0, 0.1) is 20.8 Å². The third-order valence-corrected chi connectivity index (χ3v) is 6.59. The van der Waals surface area contributed by atoms with Crippen molar-refractivity contribution in [2.75, 3.05) is 11.9 Å². The van der Waals surface area contributed by atoms with Gasteiger partial charge in [-0.1, -0.05) is 18.2 Å². The smallest absolute Gasteiger partial charge is 0.357 e. The van der Waals surface area contributed by atoms with Gasteiger partial charge in [0.1, 0.15) is 16.3 Å². The number of anilines is 1. The molecule has 7 nitrogen and oxygen atoms in total. The molecule has 0 saturated heterocycles. The molecule has 3 heterocycles. The Morgan fingerprint density at radius 3 is 2.56 bits per heavy atom. The van der Waals surface area contributed by atoms with Gasteiger partial charge in [-0.2, -0.15) is 0 Å². The Morgan fingerprint density at radius 1 is 1.19 bits per heavy atom. The van der Waals surface area contributed by atoms with Crippen molar-refractivity contribution >= 4 is 39.1 Å². The van der Waals surface area contributed by atoms with E-state index in [1.807, 2.05) is 55.7 Å². The molecule has 0 aliphatic rings. The van der Waals surface area contributed by atoms with Crippen LogP contribution in [0.3, 0.4) is 0 Å². The summed E-state index contributed by atoms with van der Waals surface area (Å²) in [6.45, 7) is 9.62. The summed E-state index contributed by atoms with van der Waals surface area (Å²) in [5, 5.41) is 3.72. The molecule has 4 rings (SSSR count). The molecule has 0 aliphatic carbocycles. The van der Waals surface area contributed by atoms with Gasteiger partial charge in [-0.3, -0.25) is 4.79 Å². The molecular weight excluding hydrogens is 426 g/mol. The largest absolute Gasteiger partial charge is 0.461 e. The first kappa shape index (κ1) is 21.8. The fourth-order valence-corrected chi connectivity index (χ4v) is 4.91. The third kappa shape index (κ3) is 3.82. The van der Waals surface area contributed by atoms with Crippen molar-refractivity contribution in [1.82, 2.24) is 9.55 Å². The minimum atomic E-state index is -0.485. The fraction of sp³-hybridized carbons (Fsp3) is 0.292. The molecule has 0 aliphatic heterocycles. The molecule has 0 saturated carbocycles. The molecular formula is C24H25N3O4S. The number of aryl methyl sites for hydroxylation is 3. The lowest BCUT2D eigenvalue weighted by Crippen LogP contribution is -2.17. The number of aromatic nitrogens is 2. The Morgan fingerprint density at radius 2 is 1.91 bits per heavy atom. The number of ether oxygens (including phenoxy) is 1. The van der Waals surface area contributed by atoms with E-state index >= 15 is 0 Å². The quantitative estimate of drug-likeness (QED) is 0.393. The van der Waals surface area contributed by atoms with E-state index in [1.54, 1.807) is 18.3 Å². The highest BCUT2D eigenvalue weighted by Crippen LogP contribution is 2.41. The average Bonchev–Trinajstić information content (AvgIpc) is 3.36. The third-order valence-electron chi connectivity index (χ3n) is 5.36. The predicted molar refractivity (Wildman–Crippen MR) is 125 cm³/mol. The Labute approximate surface area is 190 Å². The van der Waals surface area contributed by atoms with E-state index in [0.29, 0.717) is 35.3 Å². The van der Waals surface area contributed by atoms with Crippen molar-refractivity contribution < 1.29 is 18.7 Å². The van der Waals surface area contributed by atoms with E-state index < -0.39 is 5.97 Å². The standard InChI is InChI=1S/C24H25N3O4S/c1-6-30-24(29)21-20(25-16(5)28)19-13(2)15(4)32-23(19)27(21)12-18-14(3)31-22(26-18)17-10-8-7-9-11-17/h7-11H,6,12H2,1-5H3,(H,25,28). The molecule has 0 spiro atoms. The molecule has 1 N–H and O–H groups in total. The SMILES string of the molecule is CCOC(=O)c1c(NC(C)=O)c2c(C)c(C)sc2n1Cc1nc(-c2ccccc2)oc1C. The summed E-state index contributed by atoms with van der Waals surface area (Å²) in [6.07, 6.45) is 0. The number of thiophene rings is 1. The lowest BCUT2D eigenvalue weighted by molar-refractivity contribution is -0.114. The maximum absolute atomic E-state index is 13.0. The van der Waals surface area contributed by atoms with Crippen LogP contribution in [0.4, 0.5) is 5.69 Å². The normalized spacial score (nSPS) is 11.2. The van der Waals surface area contributed by atoms with Gasteiger partial charge in [-0.15, -0.1) is 11.3 Å². The van der Waals surface area contributed by atoms with Crippen LogP contribution in [-0.2, 0) is 16.1 Å². The van der Waals surface area contributed by atoms with Crippen molar-refractivity contribution in [2.24, 2.45) is 0 Å². The van der Waals surface area contributed by atoms with Gasteiger partial charge in [-0.05, 0) is 45.4 Å². The van der Waals surface area contributed by atoms with Crippen molar-refractivity contribution in [2.45, 2.75) is 41.2 Å². The number of nitrogens with one attached hydrogen (secondary N) is 1. The van der Waals surface area contributed by atoms with Gasteiger partial charge in [0.25, 0.3) is 0 Å². The van der Waals surface area contributed by atoms with Crippen LogP contribution in [0.5, 0.6) is 0 Å². The van der Waals surface area contributed by atoms with Crippen LogP contribution in [0.15, 0.2) is 34.7 Å². The zero-order valence-corrected chi connectivity index (χ0v) is 19.6. The number of benzene rings is 1. The molecule has 0 radical (unpaired) electrons. The second-order valence-corrected chi connectivity index (χ2v) is 8.77. The van der Waals surface area contributed by atoms with Gasteiger partial charge in [0.05, 0.1) is 18.8 Å². The minimum absolute atomic E-state index is 0.232. The highest BCUT2D eigenvalue weighted by molar-refractivity contribution is 7.19. The van der Waals surface area contributed by atoms with Crippen LogP contribution in [-0.4, -0.2) is 28.0 Å². The van der Waals surface area contributed by atoms with Gasteiger partial charge in [-0.25, -0.2) is 9.78 Å². The molecule has 0 bridgehead atoms. The molecule has 0 fully saturated rings. The minimum Gasteiger partial charge on any atom is -0.461 e. The van der Waals surface area contributed by atoms with Gasteiger partial charge >= 0.3 is 5.97 Å². The summed E-state index contributed by atoms with van der Waals surface area (Å²) in [5.74, 6) is 0.467. The summed E-state index contributed by atoms with van der Waals surface area (Å²) in [5.41, 5.74) is 3.42. The number of nitrogens with zero attached hydrogens (tertiary/aromatic N) is 2. The molecule has 1 aromatic carbocycles. The zero-order chi connectivity index (χ0) is 23.0. The van der Waals surface area contributed by atoms with Gasteiger partial charge in [0.2, 0.25) is 11.8 Å². The lowest BCUT2D eigenvalue weighted by Gasteiger charge is -2.11. The van der Waals surface area contributed by atoms with Crippen LogP contribution in [0.25, 0.3) is 21.7 Å². The first-order valence-electron chi connectivity index (χ1n) is 10.4. The number of fused-ring (bicyclic) bond motifs is 1. The molecule has 0 atom stereocenters. The summed E-state index contributed by atoms with van der Waals surface area (Å²) >= 11 is 1.58. The molecule has 0 unspecified atom stereocenters. The number of amides is 1. The second kappa shape index (κ2) is 8.63. The van der Waals surface area contributed by atoms with Gasteiger partial charge < -0.3 is 19.0 Å². The molecule has 32 heavy (non-hydrogen) atoms. The lowest BCUT2D eigenvalue weighted by atomic mass is 10.2. The van der Waals surface area contributed by atoms with E-state index in [1.165, 1.54) is 6.92 Å². The zero-order valence-electron chi connectivity index (χ0n) is 18.7. The average molecular weight is 452 g/mol. The first-order valence-corrected chi connectivity index (χ1v) is 11.2. The Bertz CT molecular complexity index is 1310. The van der Waals surface area contributed by atoms with Crippen LogP contribution >= 0.6 is 11.3 Å². The Balaban J connectivity index is 1.89. The summed E-state index contributed by atoms with van der Waals surface area (Å²) < 4.78 is 13.2. The molecule has 4 aromatic rings. The number of carbonyl (C=O) groups is 2. The maximum atomic E-state index is 13.0. The van der Waals surface area contributed by atoms with E-state index in [9.17, 15) is 9.59 Å². The summed E-state index contributed by atoms with van der Waals surface area (Å²) in [4.78, 5) is 31.7. The highest BCUT2D eigenvalue weighted by Gasteiger charge is 2.29. The fourth-order valence-electron chi connectivity index (χ4n) is 3.74. The molecule has 166 valence electrons. The van der Waals surface area contributed by atoms with Crippen molar-refractivity contribution in [3.63, 3.8) is 0 Å². The van der Waals surface area contributed by atoms with Crippen molar-refractivity contribution in [3.8, 4) is 11.5 Å². The number of hydrogen-bond acceptors (Lipinski definition) is 6. The molecule has 3 aromatic heterocycles. The van der Waals surface area contributed by atoms with Crippen LogP contribution < -0.4 is 5.32 Å². The van der Waals surface area contributed by atoms with E-state index in [4.69, 9.17) is 14.1 Å². The number of hydrogen-bond donors (Lipinski definition) is 1. The molecule has 1 amide bonds. The van der Waals surface area contributed by atoms with Gasteiger partial charge in [0, 0.05) is 22.8 Å². The Kier molecular flexibility index (Phi) is 5.88. The predicted octanol–water partition coefficient (Wildman–Crippen LogP) is 5.47. The summed E-state index contributed by atoms with van der Waals surface area (Å²) in [6, 6.07) is 9.68. The van der Waals surface area contributed by atoms with Crippen LogP contribution in [0.1, 0.15) is 46.2 Å². The number of esters is 1. The monoisotopic (exact) mass is 451 g/mol. The second-order valence-electron chi connectivity index (χ2n) is 7.56. The maximum Gasteiger partial charge on any atom is 0.357 e. The number of carbonyl (C=O) groups excluding carboxylic acids is 2. The van der Waals surface area contributed by atoms with E-state index in [0.717, 1.165) is 26.2 Å². The van der Waals surface area contributed by atoms with Crippen molar-refractivity contribution in [1.29, 1.82) is 0 Å². The van der Waals surface area contributed by atoms with E-state index in [2.05, 4.69) is 5.32 Å². The molecule has 8 heteroatoms. The number of oxazole rings is 1. The topological polar surface area (TPSA) is 86.4 Å². The van der Waals surface area contributed by atoms with Crippen LogP contribution in [0.2, 0.25) is 0 Å². The summed E-state index contributed by atoms with van der Waals surface area (Å²) in [7, 11) is 0. The Hall–Kier alpha value is -3.39. The van der Waals surface area contributed by atoms with Crippen molar-refractivity contribution in [3.05, 3.63) is 57.9 Å². The number of rotatable bonds is 6. The van der Waals surface area contributed by atoms with E-state index in [-0.39, 0.29) is 12.5 Å². The first-order chi connectivity index (χ1) is 15.3.